The number of fused-ring (bicyclic) bond motifs is 2. The molecule has 4 aromatic heterocycles. The molecule has 0 aromatic carbocycles. The Kier molecular flexibility index (Phi) is 7.89. The number of carbonyl (C=O) groups excluding carboxylic acids is 1. The molecule has 0 radical (unpaired) electrons. The minimum absolute atomic E-state index is 0.0244. The number of carbonyl (C=O) groups is 1. The summed E-state index contributed by atoms with van der Waals surface area (Å²) in [5.74, 6) is -0.107. The second kappa shape index (κ2) is 11.8. The molecule has 0 fully saturated rings. The second-order valence-corrected chi connectivity index (χ2v) is 11.4. The summed E-state index contributed by atoms with van der Waals surface area (Å²) in [7, 11) is 3.72. The maximum absolute atomic E-state index is 15.4. The van der Waals surface area contributed by atoms with Gasteiger partial charge in [0.2, 0.25) is 0 Å². The van der Waals surface area contributed by atoms with Crippen LogP contribution in [0.4, 0.5) is 21.7 Å². The Bertz CT molecular complexity index is 1740. The molecule has 2 aliphatic heterocycles. The average molecular weight is 589 g/mol. The topological polar surface area (TPSA) is 113 Å². The summed E-state index contributed by atoms with van der Waals surface area (Å²) in [6.45, 7) is 4.85. The van der Waals surface area contributed by atoms with Gasteiger partial charge in [-0.15, -0.1) is 0 Å². The Morgan fingerprint density at radius 3 is 2.70 bits per heavy atom. The number of aromatic nitrogens is 5. The quantitative estimate of drug-likeness (QED) is 0.287. The third kappa shape index (κ3) is 5.36. The Morgan fingerprint density at radius 2 is 1.91 bits per heavy atom. The Hall–Kier alpha value is -4.29. The van der Waals surface area contributed by atoms with E-state index in [1.807, 2.05) is 10.7 Å². The van der Waals surface area contributed by atoms with Crippen molar-refractivity contribution in [1.29, 1.82) is 0 Å². The number of amides is 1. The number of hydrogen-bond acceptors (Lipinski definition) is 7. The van der Waals surface area contributed by atoms with Crippen LogP contribution < -0.4 is 15.8 Å². The van der Waals surface area contributed by atoms with Crippen LogP contribution in [0, 0.1) is 5.82 Å². The zero-order valence-electron chi connectivity index (χ0n) is 24.8. The molecule has 43 heavy (non-hydrogen) atoms. The number of anilines is 3. The molecule has 0 unspecified atom stereocenters. The van der Waals surface area contributed by atoms with Gasteiger partial charge in [-0.1, -0.05) is 19.8 Å². The fourth-order valence-electron chi connectivity index (χ4n) is 6.04. The van der Waals surface area contributed by atoms with Crippen molar-refractivity contribution in [3.05, 3.63) is 75.5 Å². The van der Waals surface area contributed by atoms with Crippen LogP contribution in [0.5, 0.6) is 0 Å². The Balaban J connectivity index is 1.33. The molecular formula is C31H37FN8O3. The molecule has 11 nitrogen and oxygen atoms in total. The molecular weight excluding hydrogens is 551 g/mol. The third-order valence-corrected chi connectivity index (χ3v) is 8.34. The average Bonchev–Trinajstić information content (AvgIpc) is 3.54. The highest BCUT2D eigenvalue weighted by Gasteiger charge is 2.33. The van der Waals surface area contributed by atoms with E-state index in [0.717, 1.165) is 44.6 Å². The summed E-state index contributed by atoms with van der Waals surface area (Å²) in [4.78, 5) is 34.9. The lowest BCUT2D eigenvalue weighted by molar-refractivity contribution is 0.0959. The molecule has 226 valence electrons. The summed E-state index contributed by atoms with van der Waals surface area (Å²) in [6, 6.07) is 5.40. The zero-order chi connectivity index (χ0) is 30.2. The van der Waals surface area contributed by atoms with Crippen LogP contribution >= 0.6 is 0 Å². The lowest BCUT2D eigenvalue weighted by Crippen LogP contribution is -2.41. The van der Waals surface area contributed by atoms with E-state index in [0.29, 0.717) is 46.7 Å². The number of unbranched alkanes of at least 4 members (excludes halogenated alkanes) is 2. The van der Waals surface area contributed by atoms with Crippen LogP contribution in [-0.2, 0) is 39.7 Å². The number of hydrogen-bond donors (Lipinski definition) is 2. The number of likely N-dealkylation sites (N-methyl/N-ethyl adjacent to an activating group) is 1. The number of aliphatic hydroxyl groups is 1. The van der Waals surface area contributed by atoms with E-state index in [1.54, 1.807) is 42.3 Å². The van der Waals surface area contributed by atoms with Gasteiger partial charge in [-0.05, 0) is 37.6 Å². The van der Waals surface area contributed by atoms with E-state index in [4.69, 9.17) is 0 Å². The van der Waals surface area contributed by atoms with Gasteiger partial charge in [-0.3, -0.25) is 24.1 Å². The highest BCUT2D eigenvalue weighted by molar-refractivity contribution is 6.06. The standard InChI is InChI=1S/C31H37FN8O3/c1-4-5-6-7-20-17-38-11-12-39(31(43)28(38)27(20)32)29-24(19-41)23(8-9-33-29)21-14-25(30(42)37(3)16-21)34-26-15-22-18-36(2)10-13-40(22)35-26/h8-9,14-17,41H,4-7,10-13,18-19H2,1-3H3,(H,34,35). The molecule has 2 N–H and O–H groups in total. The predicted molar refractivity (Wildman–Crippen MR) is 162 cm³/mol. The van der Waals surface area contributed by atoms with Gasteiger partial charge in [0.05, 0.1) is 18.8 Å². The van der Waals surface area contributed by atoms with Gasteiger partial charge in [0.15, 0.2) is 11.6 Å². The highest BCUT2D eigenvalue weighted by Crippen LogP contribution is 2.33. The van der Waals surface area contributed by atoms with Crippen LogP contribution in [0.25, 0.3) is 11.1 Å². The Labute approximate surface area is 249 Å². The molecule has 0 aliphatic carbocycles. The molecule has 4 aromatic rings. The predicted octanol–water partition coefficient (Wildman–Crippen LogP) is 3.66. The van der Waals surface area contributed by atoms with Crippen LogP contribution in [0.2, 0.25) is 0 Å². The van der Waals surface area contributed by atoms with Crippen molar-refractivity contribution < 1.29 is 14.3 Å². The first-order valence-corrected chi connectivity index (χ1v) is 14.8. The largest absolute Gasteiger partial charge is 0.392 e. The second-order valence-electron chi connectivity index (χ2n) is 11.4. The lowest BCUT2D eigenvalue weighted by atomic mass is 10.0. The van der Waals surface area contributed by atoms with Gasteiger partial charge < -0.3 is 19.6 Å². The van der Waals surface area contributed by atoms with E-state index < -0.39 is 18.3 Å². The van der Waals surface area contributed by atoms with E-state index >= 15 is 4.39 Å². The minimum atomic E-state index is -0.484. The summed E-state index contributed by atoms with van der Waals surface area (Å²) in [5.41, 5.74) is 3.43. The summed E-state index contributed by atoms with van der Waals surface area (Å²) < 4.78 is 20.5. The molecule has 0 spiro atoms. The fraction of sp³-hybridized carbons (Fsp3) is 0.419. The van der Waals surface area contributed by atoms with Gasteiger partial charge in [-0.25, -0.2) is 9.37 Å². The van der Waals surface area contributed by atoms with E-state index in [9.17, 15) is 14.7 Å². The number of pyridine rings is 2. The van der Waals surface area contributed by atoms with Gasteiger partial charge in [-0.2, -0.15) is 5.10 Å². The maximum Gasteiger partial charge on any atom is 0.279 e. The van der Waals surface area contributed by atoms with Crippen LogP contribution in [0.1, 0.15) is 53.5 Å². The molecule has 1 amide bonds. The molecule has 6 heterocycles. The minimum Gasteiger partial charge on any atom is -0.392 e. The molecule has 12 heteroatoms. The summed E-state index contributed by atoms with van der Waals surface area (Å²) in [6.07, 6.45) is 8.49. The van der Waals surface area contributed by atoms with E-state index in [1.165, 1.54) is 9.47 Å². The first-order chi connectivity index (χ1) is 20.8. The lowest BCUT2D eigenvalue weighted by Gasteiger charge is -2.29. The smallest absolute Gasteiger partial charge is 0.279 e. The van der Waals surface area contributed by atoms with Gasteiger partial charge >= 0.3 is 0 Å². The number of halogens is 1. The van der Waals surface area contributed by atoms with E-state index in [2.05, 4.69) is 34.3 Å². The SMILES string of the molecule is CCCCCc1cn2c(c1F)C(=O)N(c1nccc(-c3cc(Nc4cc5n(n4)CCN(C)C5)c(=O)n(C)c3)c1CO)CC2. The zero-order valence-corrected chi connectivity index (χ0v) is 24.8. The van der Waals surface area contributed by atoms with Crippen molar-refractivity contribution in [1.82, 2.24) is 28.8 Å². The number of rotatable bonds is 9. The summed E-state index contributed by atoms with van der Waals surface area (Å²) in [5, 5.41) is 18.3. The van der Waals surface area contributed by atoms with Gasteiger partial charge in [0.25, 0.3) is 11.5 Å². The Morgan fingerprint density at radius 1 is 1.07 bits per heavy atom. The number of aryl methyl sites for hydroxylation is 2. The highest BCUT2D eigenvalue weighted by atomic mass is 19.1. The fourth-order valence-corrected chi connectivity index (χ4v) is 6.04. The number of nitrogens with zero attached hydrogens (tertiary/aromatic N) is 7. The van der Waals surface area contributed by atoms with Crippen molar-refractivity contribution in [2.45, 2.75) is 58.8 Å². The van der Waals surface area contributed by atoms with Gasteiger partial charge in [0.1, 0.15) is 17.2 Å². The number of nitrogens with one attached hydrogen (secondary N) is 1. The van der Waals surface area contributed by atoms with Crippen molar-refractivity contribution in [3.63, 3.8) is 0 Å². The molecule has 0 bridgehead atoms. The first kappa shape index (κ1) is 28.8. The van der Waals surface area contributed by atoms with E-state index in [-0.39, 0.29) is 23.6 Å². The van der Waals surface area contributed by atoms with Crippen molar-refractivity contribution in [2.24, 2.45) is 7.05 Å². The monoisotopic (exact) mass is 588 g/mol. The maximum atomic E-state index is 15.4. The molecule has 0 saturated carbocycles. The van der Waals surface area contributed by atoms with Crippen molar-refractivity contribution >= 4 is 23.2 Å². The van der Waals surface area contributed by atoms with Crippen molar-refractivity contribution in [3.8, 4) is 11.1 Å². The van der Waals surface area contributed by atoms with Crippen LogP contribution in [-0.4, -0.2) is 59.9 Å². The van der Waals surface area contributed by atoms with Crippen LogP contribution in [0.3, 0.4) is 0 Å². The molecule has 2 aliphatic rings. The molecule has 0 atom stereocenters. The normalized spacial score (nSPS) is 15.1. The van der Waals surface area contributed by atoms with Gasteiger partial charge in [0, 0.05) is 74.6 Å². The molecule has 6 rings (SSSR count). The first-order valence-electron chi connectivity index (χ1n) is 14.8. The summed E-state index contributed by atoms with van der Waals surface area (Å²) >= 11 is 0. The third-order valence-electron chi connectivity index (χ3n) is 8.34. The number of aliphatic hydroxyl groups excluding tert-OH is 1. The molecule has 0 saturated heterocycles. The van der Waals surface area contributed by atoms with Crippen molar-refractivity contribution in [2.75, 3.05) is 30.4 Å². The van der Waals surface area contributed by atoms with Crippen LogP contribution in [0.15, 0.2) is 41.6 Å².